The minimum Gasteiger partial charge on any atom is -0.457 e. The molecule has 47 heavy (non-hydrogen) atoms. The molecule has 0 aromatic heterocycles. The van der Waals surface area contributed by atoms with Crippen molar-refractivity contribution < 1.29 is 27.5 Å². The number of ether oxygens (including phenoxy) is 1. The highest BCUT2D eigenvalue weighted by Crippen LogP contribution is 2.51. The Morgan fingerprint density at radius 2 is 1.70 bits per heavy atom. The molecule has 0 bridgehead atoms. The Bertz CT molecular complexity index is 1780. The maximum Gasteiger partial charge on any atom is 0.405 e. The summed E-state index contributed by atoms with van der Waals surface area (Å²) in [5, 5.41) is 2.15. The summed E-state index contributed by atoms with van der Waals surface area (Å²) in [5.74, 6) is -0.999. The fourth-order valence-corrected chi connectivity index (χ4v) is 7.66. The molecule has 4 aromatic rings. The first-order chi connectivity index (χ1) is 22.7. The van der Waals surface area contributed by atoms with E-state index in [4.69, 9.17) is 10.5 Å². The predicted octanol–water partition coefficient (Wildman–Crippen LogP) is 8.21. The van der Waals surface area contributed by atoms with Gasteiger partial charge >= 0.3 is 6.18 Å². The van der Waals surface area contributed by atoms with Crippen molar-refractivity contribution >= 4 is 29.1 Å². The largest absolute Gasteiger partial charge is 0.457 e. The lowest BCUT2D eigenvalue weighted by Crippen LogP contribution is -2.40. The van der Waals surface area contributed by atoms with Gasteiger partial charge in [-0.3, -0.25) is 9.59 Å². The standard InChI is InChI=1S/C37H36F3N3O3S/c1-2-3-14-26-32-30(47-29-18-10-8-16-25(29)33(32)36(45)42-22-37(38,39)40)21-27(34(26)43-20-11-19-31(43)41)35(44)24-15-7-9-17-28(24)46-23-12-5-4-6-13-23/h4-10,12-13,15-18,21,31,33H,2-3,11,14,19-20,22,41H2,1H3,(H,42,45). The lowest BCUT2D eigenvalue weighted by molar-refractivity contribution is -0.138. The van der Waals surface area contributed by atoms with E-state index in [0.717, 1.165) is 36.1 Å². The van der Waals surface area contributed by atoms with Gasteiger partial charge < -0.3 is 20.7 Å². The van der Waals surface area contributed by atoms with Crippen LogP contribution in [0.15, 0.2) is 94.7 Å². The fraction of sp³-hybridized carbons (Fsp3) is 0.297. The molecule has 1 saturated heterocycles. The summed E-state index contributed by atoms with van der Waals surface area (Å²) in [4.78, 5) is 32.0. The molecular formula is C37H36F3N3O3S. The average molecular weight is 660 g/mol. The van der Waals surface area contributed by atoms with Crippen molar-refractivity contribution in [2.24, 2.45) is 5.73 Å². The number of anilines is 1. The number of benzene rings is 4. The molecule has 10 heteroatoms. The van der Waals surface area contributed by atoms with E-state index in [2.05, 4.69) is 12.2 Å². The van der Waals surface area contributed by atoms with Gasteiger partial charge in [-0.25, -0.2) is 0 Å². The number of para-hydroxylation sites is 2. The van der Waals surface area contributed by atoms with E-state index in [9.17, 15) is 22.8 Å². The SMILES string of the molecule is CCCCc1c2c(cc(C(=O)c3ccccc3Oc3ccccc3)c1N1CCCC1N)Sc1ccccc1C2C(=O)NCC(F)(F)F. The molecule has 0 spiro atoms. The second-order valence-corrected chi connectivity index (χ2v) is 12.9. The van der Waals surface area contributed by atoms with Gasteiger partial charge in [-0.1, -0.05) is 73.6 Å². The van der Waals surface area contributed by atoms with E-state index >= 15 is 0 Å². The molecule has 1 amide bonds. The van der Waals surface area contributed by atoms with Gasteiger partial charge in [0, 0.05) is 21.9 Å². The minimum atomic E-state index is -4.56. The van der Waals surface area contributed by atoms with E-state index in [1.54, 1.807) is 36.4 Å². The topological polar surface area (TPSA) is 84.7 Å². The minimum absolute atomic E-state index is 0.260. The molecule has 244 valence electrons. The van der Waals surface area contributed by atoms with Crippen molar-refractivity contribution in [1.82, 2.24) is 5.32 Å². The highest BCUT2D eigenvalue weighted by atomic mass is 32.2. The Kier molecular flexibility index (Phi) is 9.61. The molecule has 2 atom stereocenters. The predicted molar refractivity (Wildman–Crippen MR) is 177 cm³/mol. The number of alkyl halides is 3. The van der Waals surface area contributed by atoms with Gasteiger partial charge in [0.25, 0.3) is 0 Å². The second-order valence-electron chi connectivity index (χ2n) is 11.8. The maximum atomic E-state index is 14.8. The van der Waals surface area contributed by atoms with Crippen LogP contribution in [0.25, 0.3) is 0 Å². The summed E-state index contributed by atoms with van der Waals surface area (Å²) in [7, 11) is 0. The van der Waals surface area contributed by atoms with Crippen molar-refractivity contribution in [1.29, 1.82) is 0 Å². The van der Waals surface area contributed by atoms with Crippen LogP contribution in [-0.4, -0.2) is 37.1 Å². The van der Waals surface area contributed by atoms with Crippen molar-refractivity contribution in [3.05, 3.63) is 113 Å². The Morgan fingerprint density at radius 1 is 0.979 bits per heavy atom. The quantitative estimate of drug-likeness (QED) is 0.167. The molecule has 0 radical (unpaired) electrons. The van der Waals surface area contributed by atoms with Crippen molar-refractivity contribution in [3.8, 4) is 11.5 Å². The zero-order valence-electron chi connectivity index (χ0n) is 26.0. The summed E-state index contributed by atoms with van der Waals surface area (Å²) in [6.07, 6.45) is -1.29. The van der Waals surface area contributed by atoms with Crippen LogP contribution in [-0.2, 0) is 11.2 Å². The highest BCUT2D eigenvalue weighted by molar-refractivity contribution is 7.99. The Hall–Kier alpha value is -4.28. The molecule has 2 aliphatic heterocycles. The van der Waals surface area contributed by atoms with Crippen LogP contribution in [0.1, 0.15) is 71.1 Å². The third kappa shape index (κ3) is 6.89. The molecule has 6 rings (SSSR count). The number of nitrogens with zero attached hydrogens (tertiary/aromatic N) is 1. The molecule has 3 N–H and O–H groups in total. The fourth-order valence-electron chi connectivity index (χ4n) is 6.45. The Morgan fingerprint density at radius 3 is 2.43 bits per heavy atom. The van der Waals surface area contributed by atoms with Crippen LogP contribution in [0.5, 0.6) is 11.5 Å². The molecular weight excluding hydrogens is 623 g/mol. The number of hydrogen-bond donors (Lipinski definition) is 2. The van der Waals surface area contributed by atoms with Gasteiger partial charge in [0.05, 0.1) is 23.3 Å². The summed E-state index contributed by atoms with van der Waals surface area (Å²) >= 11 is 1.43. The highest BCUT2D eigenvalue weighted by Gasteiger charge is 2.40. The molecule has 6 nitrogen and oxygen atoms in total. The molecule has 2 aliphatic rings. The lowest BCUT2D eigenvalue weighted by Gasteiger charge is -2.35. The number of ketones is 1. The number of halogens is 3. The third-order valence-electron chi connectivity index (χ3n) is 8.58. The first kappa shape index (κ1) is 32.7. The van der Waals surface area contributed by atoms with Crippen LogP contribution in [0.2, 0.25) is 0 Å². The van der Waals surface area contributed by atoms with E-state index in [0.29, 0.717) is 57.3 Å². The zero-order valence-corrected chi connectivity index (χ0v) is 26.8. The van der Waals surface area contributed by atoms with Crippen molar-refractivity contribution in [3.63, 3.8) is 0 Å². The lowest BCUT2D eigenvalue weighted by atomic mass is 9.82. The first-order valence-corrected chi connectivity index (χ1v) is 16.7. The molecule has 0 saturated carbocycles. The van der Waals surface area contributed by atoms with E-state index in [-0.39, 0.29) is 11.9 Å². The zero-order chi connectivity index (χ0) is 33.1. The van der Waals surface area contributed by atoms with Gasteiger partial charge in [0.15, 0.2) is 5.78 Å². The van der Waals surface area contributed by atoms with Gasteiger partial charge in [0.2, 0.25) is 5.91 Å². The normalized spacial score (nSPS) is 17.2. The number of unbranched alkanes of at least 4 members (excludes halogenated alkanes) is 1. The Balaban J connectivity index is 1.57. The molecule has 0 aliphatic carbocycles. The molecule has 2 unspecified atom stereocenters. The van der Waals surface area contributed by atoms with E-state index < -0.39 is 24.5 Å². The van der Waals surface area contributed by atoms with Crippen LogP contribution >= 0.6 is 11.8 Å². The Labute approximate surface area is 276 Å². The van der Waals surface area contributed by atoms with Gasteiger partial charge in [-0.15, -0.1) is 0 Å². The number of rotatable bonds is 10. The van der Waals surface area contributed by atoms with Crippen molar-refractivity contribution in [2.75, 3.05) is 18.0 Å². The molecule has 2 heterocycles. The van der Waals surface area contributed by atoms with E-state index in [1.165, 1.54) is 11.8 Å². The average Bonchev–Trinajstić information content (AvgIpc) is 3.49. The summed E-state index contributed by atoms with van der Waals surface area (Å²) < 4.78 is 46.1. The number of carbonyl (C=O) groups excluding carboxylic acids is 2. The van der Waals surface area contributed by atoms with Gasteiger partial charge in [-0.2, -0.15) is 13.2 Å². The van der Waals surface area contributed by atoms with Crippen LogP contribution in [0, 0.1) is 0 Å². The van der Waals surface area contributed by atoms with Gasteiger partial charge in [-0.05, 0) is 78.8 Å². The monoisotopic (exact) mass is 659 g/mol. The number of hydrogen-bond acceptors (Lipinski definition) is 6. The summed E-state index contributed by atoms with van der Waals surface area (Å²) in [6, 6.07) is 25.4. The number of nitrogens with one attached hydrogen (secondary N) is 1. The van der Waals surface area contributed by atoms with Crippen molar-refractivity contribution in [2.45, 2.75) is 67.1 Å². The second kappa shape index (κ2) is 13.8. The maximum absolute atomic E-state index is 14.8. The number of carbonyl (C=O) groups is 2. The van der Waals surface area contributed by atoms with Crippen LogP contribution in [0.4, 0.5) is 18.9 Å². The smallest absolute Gasteiger partial charge is 0.405 e. The molecule has 4 aromatic carbocycles. The number of nitrogens with two attached hydrogens (primary N) is 1. The summed E-state index contributed by atoms with van der Waals surface area (Å²) in [6.45, 7) is 1.23. The first-order valence-electron chi connectivity index (χ1n) is 15.9. The van der Waals surface area contributed by atoms with Gasteiger partial charge in [0.1, 0.15) is 18.0 Å². The number of fused-ring (bicyclic) bond motifs is 2. The van der Waals surface area contributed by atoms with E-state index in [1.807, 2.05) is 53.4 Å². The van der Waals surface area contributed by atoms with Crippen LogP contribution < -0.4 is 20.7 Å². The van der Waals surface area contributed by atoms with Crippen LogP contribution in [0.3, 0.4) is 0 Å². The molecule has 1 fully saturated rings. The summed E-state index contributed by atoms with van der Waals surface area (Å²) in [5.41, 5.74) is 10.2. The number of amides is 1. The third-order valence-corrected chi connectivity index (χ3v) is 9.73.